The summed E-state index contributed by atoms with van der Waals surface area (Å²) in [6.07, 6.45) is 2.56. The quantitative estimate of drug-likeness (QED) is 0.00639. The highest BCUT2D eigenvalue weighted by atomic mass is 35.5. The molecular formula is C52H63ClN58O9S2. The summed E-state index contributed by atoms with van der Waals surface area (Å²) in [4.78, 5) is 66.7. The van der Waals surface area contributed by atoms with E-state index in [2.05, 4.69) is 312 Å². The van der Waals surface area contributed by atoms with Crippen LogP contribution in [0.1, 0.15) is 86.9 Å². The van der Waals surface area contributed by atoms with Gasteiger partial charge in [0.2, 0.25) is 11.0 Å². The third-order valence-electron chi connectivity index (χ3n) is 11.7. The van der Waals surface area contributed by atoms with Crippen LogP contribution in [-0.4, -0.2) is 102 Å². The largest absolute Gasteiger partial charge is 0.480 e. The molecule has 1 saturated heterocycles. The number of para-hydroxylation sites is 1. The van der Waals surface area contributed by atoms with Crippen LogP contribution >= 0.6 is 36.0 Å². The number of nitrogens with two attached hydrogens (primary N) is 1. The minimum atomic E-state index is -1.15. The van der Waals surface area contributed by atoms with Crippen molar-refractivity contribution in [3.8, 4) is 0 Å². The molecule has 2 atom stereocenters. The van der Waals surface area contributed by atoms with Gasteiger partial charge in [-0.15, -0.1) is 5.10 Å². The number of hydrogen-bond acceptors (Lipinski definition) is 16. The minimum Gasteiger partial charge on any atom is -0.480 e. The number of carboxylic acids is 2. The molecule has 0 radical (unpaired) electrons. The molecule has 3 heterocycles. The van der Waals surface area contributed by atoms with Crippen molar-refractivity contribution in [2.75, 3.05) is 24.7 Å². The number of carbonyl (C=O) groups excluding carboxylic acids is 4. The third kappa shape index (κ3) is 53.3. The van der Waals surface area contributed by atoms with Crippen molar-refractivity contribution in [1.82, 2.24) is 25.6 Å². The fraction of sp³-hybridized carbons (Fsp3) is 0.308. The highest BCUT2D eigenvalue weighted by molar-refractivity contribution is 8.14. The number of azo groups is 1. The lowest BCUT2D eigenvalue weighted by molar-refractivity contribution is -0.141. The molecule has 67 nitrogen and oxygen atoms in total. The molecule has 1 fully saturated rings. The van der Waals surface area contributed by atoms with Gasteiger partial charge in [-0.1, -0.05) is 132 Å². The van der Waals surface area contributed by atoms with Crippen LogP contribution in [0.5, 0.6) is 0 Å². The number of nitrogens with one attached hydrogen (secondary N) is 3. The first-order chi connectivity index (χ1) is 59.3. The first-order valence-corrected chi connectivity index (χ1v) is 34.5. The lowest BCUT2D eigenvalue weighted by Crippen LogP contribution is -2.42. The van der Waals surface area contributed by atoms with Gasteiger partial charge in [0.1, 0.15) is 17.6 Å². The number of aromatic nitrogens is 3. The number of aliphatic carboxylic acids is 2. The maximum atomic E-state index is 12.3. The van der Waals surface area contributed by atoms with Crippen LogP contribution in [0.4, 0.5) is 5.69 Å². The van der Waals surface area contributed by atoms with Gasteiger partial charge < -0.3 is 31.4 Å². The monoisotopic (exact) mass is 1740 g/mol. The fourth-order valence-corrected chi connectivity index (χ4v) is 8.00. The van der Waals surface area contributed by atoms with Crippen LogP contribution < -0.4 is 16.5 Å². The average Bonchev–Trinajstić information content (AvgIpc) is 1.66. The summed E-state index contributed by atoms with van der Waals surface area (Å²) in [5, 5.41) is 183. The standard InChI is InChI=1S/C14H11N3O.C13H15NO4S.C8H7ClO.C7H6N2.C6H13NO2S.C4H8O.H3N51/c1-10-6-8-11(9-7-10)14(18)17-13-5-3-2-4-12(13)15-16-17;1-8-3-5-10(6-4-8)13(18)19-7-11(12(16)17)14-9(2)15;1-6-2-4-7(5-3-6)8(9)10;1-2-4-7-6(3-1)5-8-9-7;1-4(2)7-5(3-10)6(8)9;1-2-4-5-3-1;1-3-5-7-9-11-13-15-17-19-21-23-25-27-29-31-33-35-37-39-41-43-45-47-49-51-50-48-46-44-42-40-38-36-34-32-30-28-26-24-22-20-18-16-14-12-10-8-6-4-2/h2-9H,1H3;3-6,11H,7H2,1-2H3,(H,14,15)(H,16,17);2-5H,1H3;1-4H,5H2;4-5,7,10H,3H2,1-2H3,(H,8,9);1-4H2;(H3,1,2,5,6,9,10,13,14,17,18,21,22,25,26,29,30,33,34,37,38,41,42,45,46,49,50)/t;11-;;;5-;;/m.0..0../s1. The molecule has 0 spiro atoms. The van der Waals surface area contributed by atoms with E-state index in [0.717, 1.165) is 64.9 Å². The summed E-state index contributed by atoms with van der Waals surface area (Å²) in [5.41, 5.74) is 14.9. The Morgan fingerprint density at radius 1 is 0.492 bits per heavy atom. The summed E-state index contributed by atoms with van der Waals surface area (Å²) in [5.74, 6) is 2.36. The number of ether oxygens (including phenoxy) is 1. The van der Waals surface area contributed by atoms with Crippen molar-refractivity contribution in [2.45, 2.75) is 79.1 Å². The van der Waals surface area contributed by atoms with Crippen LogP contribution in [0.15, 0.2) is 387 Å². The second kappa shape index (κ2) is 68.6. The van der Waals surface area contributed by atoms with E-state index in [1.807, 2.05) is 113 Å². The number of hydrogen-bond donors (Lipinski definition) is 7. The van der Waals surface area contributed by atoms with Crippen molar-refractivity contribution in [3.63, 3.8) is 0 Å². The molecule has 122 heavy (non-hydrogen) atoms. The highest BCUT2D eigenvalue weighted by Gasteiger charge is 2.21. The zero-order valence-electron chi connectivity index (χ0n) is 63.4. The van der Waals surface area contributed by atoms with E-state index in [0.29, 0.717) is 22.4 Å². The van der Waals surface area contributed by atoms with Crippen molar-refractivity contribution >= 4 is 86.8 Å². The maximum Gasteiger partial charge on any atom is 0.327 e. The number of halogens is 1. The molecule has 2 aliphatic rings. The first-order valence-electron chi connectivity index (χ1n) is 32.5. The van der Waals surface area contributed by atoms with E-state index in [1.165, 1.54) is 30.0 Å². The Balaban J connectivity index is 0.000000567. The summed E-state index contributed by atoms with van der Waals surface area (Å²) in [6.45, 7) is 13.7. The van der Waals surface area contributed by atoms with Crippen LogP contribution in [0.25, 0.3) is 11.0 Å². The van der Waals surface area contributed by atoms with E-state index < -0.39 is 35.2 Å². The van der Waals surface area contributed by atoms with Gasteiger partial charge in [-0.2, -0.15) is 33.1 Å². The van der Waals surface area contributed by atoms with Crippen LogP contribution in [0, 0.1) is 26.3 Å². The smallest absolute Gasteiger partial charge is 0.327 e. The lowest BCUT2D eigenvalue weighted by Gasteiger charge is -2.14. The number of nitrogens with zero attached hydrogens (tertiary/aromatic N) is 54. The lowest BCUT2D eigenvalue weighted by atomic mass is 10.1. The average molecular weight is 1740 g/mol. The maximum absolute atomic E-state index is 12.3. The normalized spacial score (nSPS) is 13.7. The number of thioether (sulfide) groups is 1. The van der Waals surface area contributed by atoms with Gasteiger partial charge in [0.15, 0.2) is 0 Å². The Labute approximate surface area is 695 Å². The Morgan fingerprint density at radius 2 is 0.836 bits per heavy atom. The minimum absolute atomic E-state index is 0.00161. The molecule has 1 amide bonds. The first kappa shape index (κ1) is 101. The number of fused-ring (bicyclic) bond motifs is 2. The van der Waals surface area contributed by atoms with Crippen LogP contribution in [0.3, 0.4) is 0 Å². The van der Waals surface area contributed by atoms with Crippen LogP contribution in [-0.2, 0) is 25.7 Å². The van der Waals surface area contributed by atoms with E-state index >= 15 is 0 Å². The van der Waals surface area contributed by atoms with Crippen molar-refractivity contribution in [1.29, 1.82) is 5.53 Å². The zero-order valence-corrected chi connectivity index (χ0v) is 65.9. The van der Waals surface area contributed by atoms with Gasteiger partial charge in [-0.3, -0.25) is 24.0 Å². The summed E-state index contributed by atoms with van der Waals surface area (Å²) < 4.78 is 6.28. The fourth-order valence-electron chi connectivity index (χ4n) is 6.77. The Bertz CT molecular complexity index is 4970. The molecule has 70 heteroatoms. The molecule has 6 aromatic rings. The second-order valence-electron chi connectivity index (χ2n) is 20.5. The Kier molecular flexibility index (Phi) is 57.0. The third-order valence-corrected chi connectivity index (χ3v) is 13.2. The summed E-state index contributed by atoms with van der Waals surface area (Å²) in [6, 6.07) is 35.6. The zero-order chi connectivity index (χ0) is 88.9. The van der Waals surface area contributed by atoms with Gasteiger partial charge in [-0.05, 0) is 166 Å². The Morgan fingerprint density at radius 3 is 1.15 bits per heavy atom. The highest BCUT2D eigenvalue weighted by Crippen LogP contribution is 2.25. The number of amides is 1. The number of carboxylic acid groups (broad SMARTS) is 2. The van der Waals surface area contributed by atoms with E-state index in [1.54, 1.807) is 36.4 Å². The molecule has 0 bridgehead atoms. The molecule has 5 aromatic carbocycles. The topological polar surface area (TPSA) is 887 Å². The number of rotatable bonds is 35. The van der Waals surface area contributed by atoms with Crippen molar-refractivity contribution in [3.05, 3.63) is 160 Å². The summed E-state index contributed by atoms with van der Waals surface area (Å²) >= 11 is 9.98. The van der Waals surface area contributed by atoms with Crippen LogP contribution in [0.2, 0.25) is 0 Å². The van der Waals surface area contributed by atoms with E-state index in [9.17, 15) is 28.8 Å². The molecule has 0 saturated carbocycles. The molecular weight excluding hydrogens is 1680 g/mol. The number of benzene rings is 5. The van der Waals surface area contributed by atoms with Crippen molar-refractivity contribution < 1.29 is 43.7 Å². The molecule has 0 aliphatic carbocycles. The number of thiol groups is 1. The molecule has 2 aliphatic heterocycles. The van der Waals surface area contributed by atoms with Crippen molar-refractivity contribution in [2.24, 2.45) is 272 Å². The Hall–Kier alpha value is -16.8. The molecule has 7 N–H and O–H groups in total. The molecule has 0 unspecified atom stereocenters. The van der Waals surface area contributed by atoms with Gasteiger partial charge in [-0.25, -0.2) is 4.79 Å². The number of carbonyl (C=O) groups is 6. The van der Waals surface area contributed by atoms with E-state index in [-0.39, 0.29) is 22.8 Å². The predicted octanol–water partition coefficient (Wildman–Crippen LogP) is 18.4. The second-order valence-corrected chi connectivity index (χ2v) is 22.2. The van der Waals surface area contributed by atoms with Gasteiger partial charge in [0.05, 0.1) is 17.7 Å². The molecule has 8 rings (SSSR count). The van der Waals surface area contributed by atoms with Gasteiger partial charge in [0.25, 0.3) is 11.1 Å². The SMILES string of the molecule is C1CCOC1.CC(=O)N[C@@H](CSC(=O)c1ccc(C)cc1)C(=O)O.CC(C)N[C@@H](CS)C(=O)O.Cc1ccc(C(=O)Cl)cc1.Cc1ccc(C(=O)n2nnc3ccccc32)cc1.N=N/N=N/N=N/N=N/N=N/N=N/N=N/N=N/N=N/N=N/N=N/N=N/N=N/N=N/N=N/N=N/N=N/N=N/N=N/N=N/N=N/N=N/N=N/N=N/N=N/N.c1ccc2c(c1)CN=N2. The van der Waals surface area contributed by atoms with Gasteiger partial charge >= 0.3 is 11.9 Å². The predicted molar refractivity (Wildman–Crippen MR) is 407 cm³/mol. The number of aryl methyl sites for hydroxylation is 3. The van der Waals surface area contributed by atoms with Gasteiger partial charge in [0, 0.05) is 232 Å². The molecule has 634 valence electrons. The van der Waals surface area contributed by atoms with E-state index in [4.69, 9.17) is 32.1 Å². The summed E-state index contributed by atoms with van der Waals surface area (Å²) in [7, 11) is 0. The molecule has 1 aromatic heterocycles.